The standard InChI is InChI=1S/C15H25NO6S/c1-11(2)21-14(18)12-8-6-7-9-16(23(12,19)20)10-13(17)22-15(3,4)5/h6-7,11-12H,8-10H2,1-5H3. The third-order valence-corrected chi connectivity index (χ3v) is 4.99. The van der Waals surface area contributed by atoms with Crippen LogP contribution in [0.15, 0.2) is 12.2 Å². The fourth-order valence-electron chi connectivity index (χ4n) is 2.02. The monoisotopic (exact) mass is 347 g/mol. The number of ether oxygens (including phenoxy) is 2. The molecule has 0 aromatic rings. The Morgan fingerprint density at radius 3 is 2.39 bits per heavy atom. The first-order valence-electron chi connectivity index (χ1n) is 7.50. The van der Waals surface area contributed by atoms with Gasteiger partial charge in [-0.1, -0.05) is 12.2 Å². The molecule has 1 unspecified atom stereocenters. The topological polar surface area (TPSA) is 90.0 Å². The molecule has 0 aromatic carbocycles. The van der Waals surface area contributed by atoms with Gasteiger partial charge in [-0.2, -0.15) is 4.31 Å². The van der Waals surface area contributed by atoms with Crippen molar-refractivity contribution in [2.75, 3.05) is 13.1 Å². The van der Waals surface area contributed by atoms with Crippen molar-refractivity contribution in [3.8, 4) is 0 Å². The van der Waals surface area contributed by atoms with Crippen molar-refractivity contribution >= 4 is 22.0 Å². The third-order valence-electron chi connectivity index (χ3n) is 2.89. The van der Waals surface area contributed by atoms with Crippen molar-refractivity contribution < 1.29 is 27.5 Å². The number of hydrogen-bond donors (Lipinski definition) is 0. The van der Waals surface area contributed by atoms with Crippen LogP contribution in [0.2, 0.25) is 0 Å². The third kappa shape index (κ3) is 5.95. The van der Waals surface area contributed by atoms with E-state index in [0.29, 0.717) is 0 Å². The molecule has 0 amide bonds. The molecule has 0 spiro atoms. The highest BCUT2D eigenvalue weighted by Gasteiger charge is 2.40. The lowest BCUT2D eigenvalue weighted by molar-refractivity contribution is -0.155. The van der Waals surface area contributed by atoms with Gasteiger partial charge in [0.1, 0.15) is 12.1 Å². The summed E-state index contributed by atoms with van der Waals surface area (Å²) in [6.07, 6.45) is 2.84. The number of rotatable bonds is 4. The second-order valence-electron chi connectivity index (χ2n) is 6.61. The van der Waals surface area contributed by atoms with Gasteiger partial charge in [0.2, 0.25) is 10.0 Å². The molecule has 1 rings (SSSR count). The summed E-state index contributed by atoms with van der Waals surface area (Å²) in [7, 11) is -4.00. The van der Waals surface area contributed by atoms with Crippen LogP contribution in [0.3, 0.4) is 0 Å². The van der Waals surface area contributed by atoms with Crippen LogP contribution in [0.4, 0.5) is 0 Å². The second kappa shape index (κ2) is 7.44. The first-order valence-corrected chi connectivity index (χ1v) is 9.00. The highest BCUT2D eigenvalue weighted by atomic mass is 32.2. The van der Waals surface area contributed by atoms with Crippen LogP contribution in [0.25, 0.3) is 0 Å². The highest BCUT2D eigenvalue weighted by molar-refractivity contribution is 7.90. The molecule has 1 aliphatic rings. The number of esters is 2. The normalized spacial score (nSPS) is 21.7. The zero-order valence-electron chi connectivity index (χ0n) is 14.2. The predicted molar refractivity (Wildman–Crippen MR) is 85.1 cm³/mol. The second-order valence-corrected chi connectivity index (χ2v) is 8.72. The number of hydrogen-bond acceptors (Lipinski definition) is 6. The Morgan fingerprint density at radius 2 is 1.87 bits per heavy atom. The molecule has 0 aliphatic carbocycles. The molecule has 7 nitrogen and oxygen atoms in total. The maximum atomic E-state index is 12.6. The summed E-state index contributed by atoms with van der Waals surface area (Å²) in [5.74, 6) is -1.46. The van der Waals surface area contributed by atoms with Gasteiger partial charge in [0.25, 0.3) is 0 Å². The molecule has 8 heteroatoms. The van der Waals surface area contributed by atoms with Gasteiger partial charge >= 0.3 is 11.9 Å². The number of nitrogens with zero attached hydrogens (tertiary/aromatic N) is 1. The summed E-state index contributed by atoms with van der Waals surface area (Å²) in [5.41, 5.74) is -0.710. The molecule has 1 heterocycles. The van der Waals surface area contributed by atoms with Crippen molar-refractivity contribution in [1.82, 2.24) is 4.31 Å². The molecule has 0 fully saturated rings. The molecule has 0 radical (unpaired) electrons. The van der Waals surface area contributed by atoms with Crippen molar-refractivity contribution in [1.29, 1.82) is 0 Å². The van der Waals surface area contributed by atoms with Crippen LogP contribution < -0.4 is 0 Å². The van der Waals surface area contributed by atoms with E-state index < -0.39 is 45.5 Å². The van der Waals surface area contributed by atoms with Gasteiger partial charge in [0.05, 0.1) is 6.10 Å². The van der Waals surface area contributed by atoms with Crippen LogP contribution in [-0.4, -0.2) is 54.7 Å². The summed E-state index contributed by atoms with van der Waals surface area (Å²) in [5, 5.41) is -1.34. The van der Waals surface area contributed by atoms with Crippen LogP contribution in [-0.2, 0) is 29.1 Å². The van der Waals surface area contributed by atoms with Gasteiger partial charge in [0.15, 0.2) is 5.25 Å². The fourth-order valence-corrected chi connectivity index (χ4v) is 3.61. The van der Waals surface area contributed by atoms with E-state index in [9.17, 15) is 18.0 Å². The SMILES string of the molecule is CC(C)OC(=O)C1CC=CCN(CC(=O)OC(C)(C)C)S1(=O)=O. The van der Waals surface area contributed by atoms with E-state index in [0.717, 1.165) is 4.31 Å². The Balaban J connectivity index is 2.93. The summed E-state index contributed by atoms with van der Waals surface area (Å²) in [6, 6.07) is 0. The lowest BCUT2D eigenvalue weighted by Crippen LogP contribution is -2.45. The number of carbonyl (C=O) groups excluding carboxylic acids is 2. The Morgan fingerprint density at radius 1 is 1.26 bits per heavy atom. The maximum absolute atomic E-state index is 12.6. The first kappa shape index (κ1) is 19.6. The van der Waals surface area contributed by atoms with Crippen LogP contribution >= 0.6 is 0 Å². The molecule has 0 N–H and O–H groups in total. The average Bonchev–Trinajstić information content (AvgIpc) is 2.46. The van der Waals surface area contributed by atoms with Crippen LogP contribution in [0.5, 0.6) is 0 Å². The van der Waals surface area contributed by atoms with E-state index in [1.54, 1.807) is 46.8 Å². The van der Waals surface area contributed by atoms with Crippen molar-refractivity contribution in [2.45, 2.75) is 58.0 Å². The van der Waals surface area contributed by atoms with Gasteiger partial charge < -0.3 is 9.47 Å². The number of allylic oxidation sites excluding steroid dienone is 1. The van der Waals surface area contributed by atoms with Crippen molar-refractivity contribution in [3.05, 3.63) is 12.2 Å². The Kier molecular flexibility index (Phi) is 6.35. The van der Waals surface area contributed by atoms with Gasteiger partial charge in [-0.05, 0) is 41.0 Å². The van der Waals surface area contributed by atoms with Gasteiger partial charge in [0, 0.05) is 6.54 Å². The van der Waals surface area contributed by atoms with E-state index in [-0.39, 0.29) is 13.0 Å². The van der Waals surface area contributed by atoms with E-state index >= 15 is 0 Å². The molecular formula is C15H25NO6S. The molecule has 1 atom stereocenters. The van der Waals surface area contributed by atoms with E-state index in [4.69, 9.17) is 9.47 Å². The molecule has 0 aromatic heterocycles. The summed E-state index contributed by atoms with van der Waals surface area (Å²) >= 11 is 0. The maximum Gasteiger partial charge on any atom is 0.326 e. The summed E-state index contributed by atoms with van der Waals surface area (Å²) in [6.45, 7) is 7.98. The largest absolute Gasteiger partial charge is 0.462 e. The van der Waals surface area contributed by atoms with E-state index in [1.165, 1.54) is 0 Å². The van der Waals surface area contributed by atoms with Crippen molar-refractivity contribution in [2.24, 2.45) is 0 Å². The lowest BCUT2D eigenvalue weighted by atomic mass is 10.2. The minimum absolute atomic E-state index is 0.0209. The summed E-state index contributed by atoms with van der Waals surface area (Å²) < 4.78 is 36.4. The molecule has 0 saturated carbocycles. The highest BCUT2D eigenvalue weighted by Crippen LogP contribution is 2.19. The Hall–Kier alpha value is -1.41. The van der Waals surface area contributed by atoms with E-state index in [1.807, 2.05) is 0 Å². The predicted octanol–water partition coefficient (Wildman–Crippen LogP) is 1.24. The minimum Gasteiger partial charge on any atom is -0.462 e. The van der Waals surface area contributed by atoms with Gasteiger partial charge in [-0.25, -0.2) is 8.42 Å². The van der Waals surface area contributed by atoms with Crippen LogP contribution in [0, 0.1) is 0 Å². The van der Waals surface area contributed by atoms with Crippen molar-refractivity contribution in [3.63, 3.8) is 0 Å². The fraction of sp³-hybridized carbons (Fsp3) is 0.733. The molecule has 0 bridgehead atoms. The molecule has 1 aliphatic heterocycles. The van der Waals surface area contributed by atoms with Crippen LogP contribution in [0.1, 0.15) is 41.0 Å². The Bertz CT molecular complexity index is 573. The zero-order chi connectivity index (χ0) is 17.8. The smallest absolute Gasteiger partial charge is 0.326 e. The lowest BCUT2D eigenvalue weighted by Gasteiger charge is -2.25. The zero-order valence-corrected chi connectivity index (χ0v) is 15.1. The van der Waals surface area contributed by atoms with Gasteiger partial charge in [-0.15, -0.1) is 0 Å². The molecular weight excluding hydrogens is 322 g/mol. The molecule has 132 valence electrons. The number of carbonyl (C=O) groups is 2. The average molecular weight is 347 g/mol. The number of sulfonamides is 1. The summed E-state index contributed by atoms with van der Waals surface area (Å²) in [4.78, 5) is 24.0. The van der Waals surface area contributed by atoms with Gasteiger partial charge in [-0.3, -0.25) is 9.59 Å². The quantitative estimate of drug-likeness (QED) is 0.561. The Labute approximate surface area is 137 Å². The first-order chi connectivity index (χ1) is 10.4. The van der Waals surface area contributed by atoms with E-state index in [2.05, 4.69) is 0 Å². The molecule has 23 heavy (non-hydrogen) atoms. The molecule has 0 saturated heterocycles. The minimum atomic E-state index is -4.00.